The number of thiocarbonyl (C=S) groups is 1. The first-order valence-electron chi connectivity index (χ1n) is 9.03. The van der Waals surface area contributed by atoms with Crippen LogP contribution < -0.4 is 10.6 Å². The summed E-state index contributed by atoms with van der Waals surface area (Å²) in [7, 11) is 1.87. The van der Waals surface area contributed by atoms with Crippen molar-refractivity contribution >= 4 is 28.3 Å². The monoisotopic (exact) mass is 392 g/mol. The van der Waals surface area contributed by atoms with Crippen LogP contribution in [0.3, 0.4) is 0 Å². The summed E-state index contributed by atoms with van der Waals surface area (Å²) < 4.78 is 0.821. The fraction of sp³-hybridized carbons (Fsp3) is 0.174. The highest BCUT2D eigenvalue weighted by Gasteiger charge is 2.35. The SMILES string of the molecule is CNC(=S)SCCNC(c1ccccc1)(c1ccccc1)c1ccccc1. The lowest BCUT2D eigenvalue weighted by Crippen LogP contribution is -2.45. The molecule has 4 heteroatoms. The molecule has 0 radical (unpaired) electrons. The highest BCUT2D eigenvalue weighted by atomic mass is 32.2. The minimum atomic E-state index is -0.411. The van der Waals surface area contributed by atoms with Crippen molar-refractivity contribution in [2.75, 3.05) is 19.3 Å². The molecule has 0 heterocycles. The summed E-state index contributed by atoms with van der Waals surface area (Å²) in [6, 6.07) is 31.9. The Morgan fingerprint density at radius 2 is 1.19 bits per heavy atom. The summed E-state index contributed by atoms with van der Waals surface area (Å²) in [6.07, 6.45) is 0. The van der Waals surface area contributed by atoms with Crippen LogP contribution in [0.25, 0.3) is 0 Å². The topological polar surface area (TPSA) is 24.1 Å². The van der Waals surface area contributed by atoms with Gasteiger partial charge in [0.2, 0.25) is 0 Å². The Labute approximate surface area is 171 Å². The van der Waals surface area contributed by atoms with Crippen LogP contribution >= 0.6 is 24.0 Å². The van der Waals surface area contributed by atoms with Crippen molar-refractivity contribution in [2.24, 2.45) is 0 Å². The molecule has 138 valence electrons. The molecular formula is C23H24N2S2. The summed E-state index contributed by atoms with van der Waals surface area (Å²) in [5, 5.41) is 6.88. The Balaban J connectivity index is 2.04. The quantitative estimate of drug-likeness (QED) is 0.342. The normalized spacial score (nSPS) is 11.1. The van der Waals surface area contributed by atoms with E-state index in [1.807, 2.05) is 7.05 Å². The molecule has 0 aliphatic rings. The Hall–Kier alpha value is -2.14. The van der Waals surface area contributed by atoms with Crippen LogP contribution in [0.4, 0.5) is 0 Å². The van der Waals surface area contributed by atoms with E-state index in [1.54, 1.807) is 11.8 Å². The van der Waals surface area contributed by atoms with E-state index in [0.717, 1.165) is 16.6 Å². The highest BCUT2D eigenvalue weighted by molar-refractivity contribution is 8.22. The van der Waals surface area contributed by atoms with Gasteiger partial charge in [0.05, 0.1) is 5.54 Å². The maximum Gasteiger partial charge on any atom is 0.133 e. The van der Waals surface area contributed by atoms with Gasteiger partial charge in [-0.2, -0.15) is 0 Å². The second kappa shape index (κ2) is 9.70. The molecule has 0 unspecified atom stereocenters. The number of nitrogens with one attached hydrogen (secondary N) is 2. The van der Waals surface area contributed by atoms with E-state index >= 15 is 0 Å². The predicted molar refractivity (Wildman–Crippen MR) is 121 cm³/mol. The molecule has 0 aliphatic carbocycles. The zero-order valence-electron chi connectivity index (χ0n) is 15.4. The summed E-state index contributed by atoms with van der Waals surface area (Å²) in [5.41, 5.74) is 3.27. The molecule has 3 aromatic rings. The molecule has 2 nitrogen and oxygen atoms in total. The average Bonchev–Trinajstić information content (AvgIpc) is 2.75. The predicted octanol–water partition coefficient (Wildman–Crippen LogP) is 4.81. The van der Waals surface area contributed by atoms with E-state index in [0.29, 0.717) is 0 Å². The van der Waals surface area contributed by atoms with Crippen molar-refractivity contribution in [1.29, 1.82) is 0 Å². The fourth-order valence-electron chi connectivity index (χ4n) is 3.33. The summed E-state index contributed by atoms with van der Waals surface area (Å²) in [4.78, 5) is 0. The van der Waals surface area contributed by atoms with Crippen LogP contribution in [0, 0.1) is 0 Å². The van der Waals surface area contributed by atoms with Gasteiger partial charge in [-0.3, -0.25) is 5.32 Å². The third kappa shape index (κ3) is 4.59. The minimum Gasteiger partial charge on any atom is -0.374 e. The molecule has 3 aromatic carbocycles. The fourth-order valence-corrected chi connectivity index (χ4v) is 4.11. The van der Waals surface area contributed by atoms with Gasteiger partial charge in [0.15, 0.2) is 0 Å². The van der Waals surface area contributed by atoms with Crippen molar-refractivity contribution in [2.45, 2.75) is 5.54 Å². The lowest BCUT2D eigenvalue weighted by Gasteiger charge is -2.37. The first-order chi connectivity index (χ1) is 13.3. The van der Waals surface area contributed by atoms with Gasteiger partial charge >= 0.3 is 0 Å². The van der Waals surface area contributed by atoms with Crippen LogP contribution in [0.15, 0.2) is 91.0 Å². The Morgan fingerprint density at radius 1 is 0.778 bits per heavy atom. The first kappa shape index (κ1) is 19.6. The lowest BCUT2D eigenvalue weighted by molar-refractivity contribution is 0.490. The maximum atomic E-state index is 5.27. The van der Waals surface area contributed by atoms with Gasteiger partial charge < -0.3 is 5.32 Å². The van der Waals surface area contributed by atoms with Crippen LogP contribution in [-0.2, 0) is 5.54 Å². The van der Waals surface area contributed by atoms with E-state index in [1.165, 1.54) is 16.7 Å². The Kier molecular flexibility index (Phi) is 7.04. The van der Waals surface area contributed by atoms with E-state index in [-0.39, 0.29) is 0 Å². The van der Waals surface area contributed by atoms with Crippen molar-refractivity contribution < 1.29 is 0 Å². The van der Waals surface area contributed by atoms with Gasteiger partial charge in [-0.15, -0.1) is 0 Å². The lowest BCUT2D eigenvalue weighted by atomic mass is 9.77. The molecule has 0 spiro atoms. The molecule has 0 atom stereocenters. The molecule has 0 saturated heterocycles. The molecule has 0 saturated carbocycles. The third-order valence-corrected chi connectivity index (χ3v) is 5.98. The van der Waals surface area contributed by atoms with E-state index < -0.39 is 5.54 Å². The molecule has 0 fully saturated rings. The van der Waals surface area contributed by atoms with Gasteiger partial charge in [0, 0.05) is 19.3 Å². The van der Waals surface area contributed by atoms with Crippen LogP contribution in [0.1, 0.15) is 16.7 Å². The third-order valence-electron chi connectivity index (χ3n) is 4.55. The molecule has 27 heavy (non-hydrogen) atoms. The molecule has 3 rings (SSSR count). The molecular weight excluding hydrogens is 368 g/mol. The number of hydrogen-bond acceptors (Lipinski definition) is 3. The van der Waals surface area contributed by atoms with E-state index in [2.05, 4.69) is 102 Å². The summed E-state index contributed by atoms with van der Waals surface area (Å²) in [6.45, 7) is 0.825. The largest absolute Gasteiger partial charge is 0.374 e. The zero-order valence-corrected chi connectivity index (χ0v) is 17.0. The van der Waals surface area contributed by atoms with Crippen molar-refractivity contribution in [3.8, 4) is 0 Å². The molecule has 0 bridgehead atoms. The molecule has 0 aromatic heterocycles. The minimum absolute atomic E-state index is 0.411. The van der Waals surface area contributed by atoms with Gasteiger partial charge in [0.1, 0.15) is 4.32 Å². The highest BCUT2D eigenvalue weighted by Crippen LogP contribution is 2.36. The second-order valence-electron chi connectivity index (χ2n) is 6.16. The van der Waals surface area contributed by atoms with Crippen molar-refractivity contribution in [1.82, 2.24) is 10.6 Å². The number of rotatable bonds is 7. The number of benzene rings is 3. The average molecular weight is 393 g/mol. The maximum absolute atomic E-state index is 5.27. The van der Waals surface area contributed by atoms with Crippen LogP contribution in [0.5, 0.6) is 0 Å². The smallest absolute Gasteiger partial charge is 0.133 e. The second-order valence-corrected chi connectivity index (χ2v) is 7.93. The van der Waals surface area contributed by atoms with Crippen molar-refractivity contribution in [3.63, 3.8) is 0 Å². The van der Waals surface area contributed by atoms with Crippen LogP contribution in [-0.4, -0.2) is 23.7 Å². The van der Waals surface area contributed by atoms with E-state index in [9.17, 15) is 0 Å². The number of thioether (sulfide) groups is 1. The summed E-state index contributed by atoms with van der Waals surface area (Å²) in [5.74, 6) is 0.897. The van der Waals surface area contributed by atoms with Gasteiger partial charge in [-0.1, -0.05) is 115 Å². The zero-order chi connectivity index (χ0) is 19.0. The number of hydrogen-bond donors (Lipinski definition) is 2. The summed E-state index contributed by atoms with van der Waals surface area (Å²) >= 11 is 6.93. The van der Waals surface area contributed by atoms with Gasteiger partial charge in [-0.05, 0) is 16.7 Å². The standard InChI is InChI=1S/C23H24N2S2/c1-24-22(26)27-18-17-25-23(19-11-5-2-6-12-19,20-13-7-3-8-14-20)21-15-9-4-10-16-21/h2-16,25H,17-18H2,1H3,(H,24,26). The molecule has 0 aliphatic heterocycles. The first-order valence-corrected chi connectivity index (χ1v) is 10.4. The van der Waals surface area contributed by atoms with Crippen molar-refractivity contribution in [3.05, 3.63) is 108 Å². The molecule has 0 amide bonds. The Bertz CT molecular complexity index is 739. The van der Waals surface area contributed by atoms with Gasteiger partial charge in [-0.25, -0.2) is 0 Å². The molecule has 2 N–H and O–H groups in total. The van der Waals surface area contributed by atoms with Crippen LogP contribution in [0.2, 0.25) is 0 Å². The van der Waals surface area contributed by atoms with E-state index in [4.69, 9.17) is 12.2 Å². The Morgan fingerprint density at radius 3 is 1.56 bits per heavy atom. The van der Waals surface area contributed by atoms with Gasteiger partial charge in [0.25, 0.3) is 0 Å².